The van der Waals surface area contributed by atoms with E-state index in [1.165, 1.54) is 0 Å². The molecule has 1 unspecified atom stereocenters. The third-order valence-corrected chi connectivity index (χ3v) is 5.06. The molecule has 0 aromatic heterocycles. The summed E-state index contributed by atoms with van der Waals surface area (Å²) in [5.41, 5.74) is 2.27. The van der Waals surface area contributed by atoms with E-state index in [1.54, 1.807) is 0 Å². The van der Waals surface area contributed by atoms with Gasteiger partial charge in [-0.3, -0.25) is 0 Å². The van der Waals surface area contributed by atoms with Crippen molar-refractivity contribution < 1.29 is 9.53 Å². The van der Waals surface area contributed by atoms with Crippen molar-refractivity contribution in [1.82, 2.24) is 10.2 Å². The molecule has 1 aromatic carbocycles. The van der Waals surface area contributed by atoms with Gasteiger partial charge in [-0.15, -0.1) is 0 Å². The molecule has 0 aliphatic carbocycles. The number of hydrogen-bond donors (Lipinski definition) is 1. The lowest BCUT2D eigenvalue weighted by molar-refractivity contribution is 0.108. The Morgan fingerprint density at radius 3 is 2.83 bits per heavy atom. The number of urea groups is 1. The lowest BCUT2D eigenvalue weighted by Crippen LogP contribution is -2.52. The predicted molar refractivity (Wildman–Crippen MR) is 92.3 cm³/mol. The smallest absolute Gasteiger partial charge is 0.317 e. The Hall–Kier alpha value is -1.46. The summed E-state index contributed by atoms with van der Waals surface area (Å²) in [4.78, 5) is 16.4. The van der Waals surface area contributed by atoms with E-state index in [0.717, 1.165) is 61.9 Å². The van der Waals surface area contributed by atoms with Gasteiger partial charge in [0.25, 0.3) is 0 Å². The third kappa shape index (κ3) is 3.90. The van der Waals surface area contributed by atoms with E-state index in [1.807, 2.05) is 24.0 Å². The number of carbonyl (C=O) groups is 1. The fraction of sp³-hybridized carbons (Fsp3) is 0.588. The highest BCUT2D eigenvalue weighted by molar-refractivity contribution is 6.31. The monoisotopic (exact) mass is 337 g/mol. The normalized spacial score (nSPS) is 21.6. The van der Waals surface area contributed by atoms with Gasteiger partial charge in [0.2, 0.25) is 0 Å². The van der Waals surface area contributed by atoms with Crippen LogP contribution in [0.4, 0.5) is 10.5 Å². The first-order valence-electron chi connectivity index (χ1n) is 8.29. The Morgan fingerprint density at radius 1 is 1.35 bits per heavy atom. The largest absolute Gasteiger partial charge is 0.376 e. The lowest BCUT2D eigenvalue weighted by atomic mass is 10.1. The topological polar surface area (TPSA) is 44.8 Å². The molecule has 6 heteroatoms. The molecular formula is C17H24ClN3O2. The van der Waals surface area contributed by atoms with Crippen LogP contribution in [0.5, 0.6) is 0 Å². The molecule has 0 bridgehead atoms. The number of benzene rings is 1. The van der Waals surface area contributed by atoms with E-state index >= 15 is 0 Å². The number of ether oxygens (including phenoxy) is 1. The quantitative estimate of drug-likeness (QED) is 0.922. The minimum Gasteiger partial charge on any atom is -0.376 e. The van der Waals surface area contributed by atoms with Crippen molar-refractivity contribution in [2.45, 2.75) is 25.9 Å². The van der Waals surface area contributed by atoms with E-state index in [-0.39, 0.29) is 12.1 Å². The van der Waals surface area contributed by atoms with Crippen molar-refractivity contribution in [1.29, 1.82) is 0 Å². The van der Waals surface area contributed by atoms with Crippen molar-refractivity contribution in [3.8, 4) is 0 Å². The van der Waals surface area contributed by atoms with Gasteiger partial charge in [-0.2, -0.15) is 0 Å². The maximum absolute atomic E-state index is 12.2. The second-order valence-electron chi connectivity index (χ2n) is 6.18. The SMILES string of the molecule is Cc1c(Cl)cccc1N1CCN(C(=O)NCC2CCCO2)CC1. The van der Waals surface area contributed by atoms with Gasteiger partial charge in [0.05, 0.1) is 6.10 Å². The van der Waals surface area contributed by atoms with Gasteiger partial charge < -0.3 is 19.9 Å². The van der Waals surface area contributed by atoms with Crippen LogP contribution in [0.15, 0.2) is 18.2 Å². The van der Waals surface area contributed by atoms with Crippen LogP contribution in [0.2, 0.25) is 5.02 Å². The first kappa shape index (κ1) is 16.4. The van der Waals surface area contributed by atoms with E-state index in [2.05, 4.69) is 16.3 Å². The van der Waals surface area contributed by atoms with Gasteiger partial charge in [0, 0.05) is 50.0 Å². The number of nitrogens with one attached hydrogen (secondary N) is 1. The fourth-order valence-corrected chi connectivity index (χ4v) is 3.38. The van der Waals surface area contributed by atoms with Gasteiger partial charge in [-0.1, -0.05) is 17.7 Å². The molecule has 1 N–H and O–H groups in total. The number of nitrogens with zero attached hydrogens (tertiary/aromatic N) is 2. The van der Waals surface area contributed by atoms with E-state index in [0.29, 0.717) is 6.54 Å². The van der Waals surface area contributed by atoms with Crippen molar-refractivity contribution in [2.75, 3.05) is 44.2 Å². The van der Waals surface area contributed by atoms with Crippen LogP contribution in [-0.4, -0.2) is 56.4 Å². The van der Waals surface area contributed by atoms with E-state index < -0.39 is 0 Å². The second kappa shape index (κ2) is 7.41. The lowest BCUT2D eigenvalue weighted by Gasteiger charge is -2.37. The van der Waals surface area contributed by atoms with Crippen LogP contribution >= 0.6 is 11.6 Å². The average Bonchev–Trinajstić information content (AvgIpc) is 3.09. The van der Waals surface area contributed by atoms with Gasteiger partial charge >= 0.3 is 6.03 Å². The molecule has 2 heterocycles. The van der Waals surface area contributed by atoms with Gasteiger partial charge in [0.15, 0.2) is 0 Å². The maximum atomic E-state index is 12.2. The Labute approximate surface area is 142 Å². The number of amides is 2. The summed E-state index contributed by atoms with van der Waals surface area (Å²) in [6.07, 6.45) is 2.33. The Bertz CT molecular complexity index is 553. The Kier molecular flexibility index (Phi) is 5.28. The summed E-state index contributed by atoms with van der Waals surface area (Å²) in [7, 11) is 0. The first-order valence-corrected chi connectivity index (χ1v) is 8.67. The number of halogens is 1. The van der Waals surface area contributed by atoms with Crippen molar-refractivity contribution in [3.05, 3.63) is 28.8 Å². The summed E-state index contributed by atoms with van der Waals surface area (Å²) in [5, 5.41) is 3.78. The van der Waals surface area contributed by atoms with E-state index in [4.69, 9.17) is 16.3 Å². The summed E-state index contributed by atoms with van der Waals surface area (Å²) in [5.74, 6) is 0. The number of piperazine rings is 1. The summed E-state index contributed by atoms with van der Waals surface area (Å²) < 4.78 is 5.54. The van der Waals surface area contributed by atoms with Gasteiger partial charge in [0.1, 0.15) is 0 Å². The number of anilines is 1. The molecule has 5 nitrogen and oxygen atoms in total. The molecule has 1 atom stereocenters. The summed E-state index contributed by atoms with van der Waals surface area (Å²) in [6, 6.07) is 6.00. The second-order valence-corrected chi connectivity index (χ2v) is 6.59. The average molecular weight is 338 g/mol. The molecule has 0 radical (unpaired) electrons. The highest BCUT2D eigenvalue weighted by Gasteiger charge is 2.23. The third-order valence-electron chi connectivity index (χ3n) is 4.65. The zero-order valence-corrected chi connectivity index (χ0v) is 14.3. The fourth-order valence-electron chi connectivity index (χ4n) is 3.21. The number of hydrogen-bond acceptors (Lipinski definition) is 3. The van der Waals surface area contributed by atoms with Crippen molar-refractivity contribution in [2.24, 2.45) is 0 Å². The van der Waals surface area contributed by atoms with Crippen LogP contribution < -0.4 is 10.2 Å². The molecule has 23 heavy (non-hydrogen) atoms. The van der Waals surface area contributed by atoms with Crippen LogP contribution in [0.25, 0.3) is 0 Å². The molecule has 2 aliphatic rings. The maximum Gasteiger partial charge on any atom is 0.317 e. The molecule has 2 aliphatic heterocycles. The minimum absolute atomic E-state index is 0.0166. The van der Waals surface area contributed by atoms with Crippen LogP contribution in [0.3, 0.4) is 0 Å². The molecular weight excluding hydrogens is 314 g/mol. The Morgan fingerprint density at radius 2 is 2.13 bits per heavy atom. The van der Waals surface area contributed by atoms with E-state index in [9.17, 15) is 4.79 Å². The zero-order chi connectivity index (χ0) is 16.2. The van der Waals surface area contributed by atoms with Crippen LogP contribution in [0.1, 0.15) is 18.4 Å². The predicted octanol–water partition coefficient (Wildman–Crippen LogP) is 2.66. The molecule has 2 amide bonds. The van der Waals surface area contributed by atoms with Gasteiger partial charge in [-0.25, -0.2) is 4.79 Å². The number of rotatable bonds is 3. The van der Waals surface area contributed by atoms with Gasteiger partial charge in [-0.05, 0) is 37.5 Å². The van der Waals surface area contributed by atoms with Crippen molar-refractivity contribution >= 4 is 23.3 Å². The first-order chi connectivity index (χ1) is 11.1. The standard InChI is InChI=1S/C17H24ClN3O2/c1-13-15(18)5-2-6-16(13)20-7-9-21(10-8-20)17(22)19-12-14-4-3-11-23-14/h2,5-6,14H,3-4,7-12H2,1H3,(H,19,22). The number of carbonyl (C=O) groups excluding carboxylic acids is 1. The van der Waals surface area contributed by atoms with Crippen LogP contribution in [0, 0.1) is 6.92 Å². The molecule has 1 aromatic rings. The summed E-state index contributed by atoms with van der Waals surface area (Å²) >= 11 is 6.20. The molecule has 2 fully saturated rings. The molecule has 126 valence electrons. The summed E-state index contributed by atoms with van der Waals surface area (Å²) in [6.45, 7) is 6.58. The molecule has 0 saturated carbocycles. The molecule has 2 saturated heterocycles. The van der Waals surface area contributed by atoms with Crippen molar-refractivity contribution in [3.63, 3.8) is 0 Å². The minimum atomic E-state index is 0.0166. The Balaban J connectivity index is 1.49. The highest BCUT2D eigenvalue weighted by Crippen LogP contribution is 2.27. The highest BCUT2D eigenvalue weighted by atomic mass is 35.5. The molecule has 0 spiro atoms. The molecule has 3 rings (SSSR count). The van der Waals surface area contributed by atoms with Crippen LogP contribution in [-0.2, 0) is 4.74 Å². The zero-order valence-electron chi connectivity index (χ0n) is 13.6.